The highest BCUT2D eigenvalue weighted by Crippen LogP contribution is 2.32. The van der Waals surface area contributed by atoms with Gasteiger partial charge in [-0.1, -0.05) is 24.8 Å². The number of nitrogens with one attached hydrogen (secondary N) is 2. The van der Waals surface area contributed by atoms with Crippen LogP contribution in [0.5, 0.6) is 0 Å². The van der Waals surface area contributed by atoms with E-state index in [-0.39, 0.29) is 23.4 Å². The van der Waals surface area contributed by atoms with Crippen molar-refractivity contribution in [3.63, 3.8) is 0 Å². The third-order valence-electron chi connectivity index (χ3n) is 4.76. The van der Waals surface area contributed by atoms with Crippen LogP contribution in [0.15, 0.2) is 55.8 Å². The second kappa shape index (κ2) is 10.6. The Morgan fingerprint density at radius 1 is 1.06 bits per heavy atom. The van der Waals surface area contributed by atoms with Gasteiger partial charge in [0.05, 0.1) is 23.5 Å². The molecule has 176 valence electrons. The maximum Gasteiger partial charge on any atom is 0.277 e. The van der Waals surface area contributed by atoms with Crippen LogP contribution >= 0.6 is 0 Å². The van der Waals surface area contributed by atoms with Gasteiger partial charge in [-0.3, -0.25) is 9.63 Å². The summed E-state index contributed by atoms with van der Waals surface area (Å²) in [5.41, 5.74) is 6.29. The van der Waals surface area contributed by atoms with Crippen molar-refractivity contribution in [2.75, 3.05) is 17.7 Å². The van der Waals surface area contributed by atoms with E-state index in [2.05, 4.69) is 28.9 Å². The topological polar surface area (TPSA) is 89.3 Å². The van der Waals surface area contributed by atoms with Crippen LogP contribution in [0.2, 0.25) is 0 Å². The Balaban J connectivity index is 2.09. The molecule has 0 saturated heterocycles. The Bertz CT molecular complexity index is 1260. The lowest BCUT2D eigenvalue weighted by Gasteiger charge is -2.17. The van der Waals surface area contributed by atoms with Gasteiger partial charge < -0.3 is 11.1 Å². The zero-order valence-corrected chi connectivity index (χ0v) is 17.8. The van der Waals surface area contributed by atoms with Gasteiger partial charge in [0.25, 0.3) is 5.91 Å². The van der Waals surface area contributed by atoms with E-state index in [0.29, 0.717) is 5.56 Å². The van der Waals surface area contributed by atoms with Crippen LogP contribution in [-0.2, 0) is 11.3 Å². The van der Waals surface area contributed by atoms with Crippen molar-refractivity contribution in [2.24, 2.45) is 0 Å². The maximum atomic E-state index is 15.2. The van der Waals surface area contributed by atoms with Crippen LogP contribution in [0.3, 0.4) is 0 Å². The zero-order chi connectivity index (χ0) is 24.8. The lowest BCUT2D eigenvalue weighted by molar-refractivity contribution is 0.0422. The van der Waals surface area contributed by atoms with Gasteiger partial charge in [0.1, 0.15) is 5.82 Å². The summed E-state index contributed by atoms with van der Waals surface area (Å²) in [5.74, 6) is -5.88. The number of anilines is 3. The van der Waals surface area contributed by atoms with Crippen LogP contribution in [0, 0.1) is 23.3 Å². The molecule has 1 heterocycles. The third-order valence-corrected chi connectivity index (χ3v) is 4.76. The van der Waals surface area contributed by atoms with Crippen molar-refractivity contribution >= 4 is 29.2 Å². The fraction of sp³-hybridized carbons (Fsp3) is 0.0833. The van der Waals surface area contributed by atoms with E-state index in [4.69, 9.17) is 10.6 Å². The quantitative estimate of drug-likeness (QED) is 0.176. The number of amides is 1. The van der Waals surface area contributed by atoms with Gasteiger partial charge in [-0.05, 0) is 41.0 Å². The molecule has 0 aliphatic carbocycles. The molecule has 0 saturated carbocycles. The lowest BCUT2D eigenvalue weighted by atomic mass is 9.99. The van der Waals surface area contributed by atoms with Gasteiger partial charge >= 0.3 is 0 Å². The molecule has 0 fully saturated rings. The molecule has 3 aromatic rings. The summed E-state index contributed by atoms with van der Waals surface area (Å²) in [7, 11) is 0. The summed E-state index contributed by atoms with van der Waals surface area (Å²) in [4.78, 5) is 21.2. The molecule has 0 aliphatic heterocycles. The smallest absolute Gasteiger partial charge is 0.277 e. The van der Waals surface area contributed by atoms with Crippen LogP contribution in [-0.4, -0.2) is 17.5 Å². The van der Waals surface area contributed by atoms with Crippen molar-refractivity contribution in [1.29, 1.82) is 0 Å². The molecule has 2 aromatic carbocycles. The Labute approximate surface area is 192 Å². The maximum absolute atomic E-state index is 15.2. The minimum absolute atomic E-state index is 0.0631. The molecular weight excluding hydrogens is 452 g/mol. The molecule has 0 bridgehead atoms. The van der Waals surface area contributed by atoms with Gasteiger partial charge in [0.2, 0.25) is 0 Å². The highest BCUT2D eigenvalue weighted by atomic mass is 19.2. The predicted molar refractivity (Wildman–Crippen MR) is 121 cm³/mol. The van der Waals surface area contributed by atoms with Gasteiger partial charge in [0, 0.05) is 12.6 Å². The van der Waals surface area contributed by atoms with E-state index in [1.807, 2.05) is 0 Å². The Kier molecular flexibility index (Phi) is 7.64. The van der Waals surface area contributed by atoms with E-state index >= 15 is 4.39 Å². The summed E-state index contributed by atoms with van der Waals surface area (Å²) in [6, 6.07) is 6.16. The number of hydroxylamine groups is 1. The highest BCUT2D eigenvalue weighted by molar-refractivity contribution is 6.00. The van der Waals surface area contributed by atoms with E-state index in [1.54, 1.807) is 0 Å². The SMILES string of the molecule is C=CCONC(=O)c1cc(Cc2ccnc(N)c2F)c(F)c(F)c1Nc1ccc(C=C)cc1F. The van der Waals surface area contributed by atoms with E-state index in [9.17, 15) is 18.0 Å². The molecule has 0 aliphatic rings. The molecular formula is C24H20F4N4O2. The van der Waals surface area contributed by atoms with Crippen LogP contribution < -0.4 is 16.5 Å². The number of carbonyl (C=O) groups is 1. The van der Waals surface area contributed by atoms with E-state index in [1.165, 1.54) is 36.5 Å². The number of carbonyl (C=O) groups excluding carboxylic acids is 1. The van der Waals surface area contributed by atoms with Crippen molar-refractivity contribution < 1.29 is 27.2 Å². The first-order valence-electron chi connectivity index (χ1n) is 9.88. The number of nitrogens with two attached hydrogens (primary N) is 1. The first kappa shape index (κ1) is 24.5. The molecule has 0 spiro atoms. The summed E-state index contributed by atoms with van der Waals surface area (Å²) < 4.78 is 58.9. The molecule has 0 radical (unpaired) electrons. The summed E-state index contributed by atoms with van der Waals surface area (Å²) in [6.07, 6.45) is 3.54. The molecule has 6 nitrogen and oxygen atoms in total. The highest BCUT2D eigenvalue weighted by Gasteiger charge is 2.24. The standard InChI is InChI=1S/C24H20F4N4O2/c1-3-9-34-32-24(33)16-12-15(11-14-7-8-30-23(29)20(14)27)19(26)21(28)22(16)31-18-6-5-13(4-2)10-17(18)25/h3-8,10,12,31H,1-2,9,11H2,(H2,29,30)(H,32,33). The third kappa shape index (κ3) is 5.24. The van der Waals surface area contributed by atoms with Crippen molar-refractivity contribution in [2.45, 2.75) is 6.42 Å². The fourth-order valence-electron chi connectivity index (χ4n) is 3.07. The van der Waals surface area contributed by atoms with Gasteiger partial charge in [-0.25, -0.2) is 28.0 Å². The van der Waals surface area contributed by atoms with Gasteiger partial charge in [0.15, 0.2) is 23.3 Å². The van der Waals surface area contributed by atoms with Crippen LogP contribution in [0.25, 0.3) is 6.08 Å². The minimum atomic E-state index is -1.47. The summed E-state index contributed by atoms with van der Waals surface area (Å²) in [6.45, 7) is 6.90. The second-order valence-electron chi connectivity index (χ2n) is 7.03. The number of rotatable bonds is 9. The number of nitrogen functional groups attached to an aromatic ring is 1. The van der Waals surface area contributed by atoms with Crippen molar-refractivity contribution in [3.05, 3.63) is 101 Å². The number of hydrogen-bond donors (Lipinski definition) is 3. The molecule has 10 heteroatoms. The Morgan fingerprint density at radius 2 is 1.82 bits per heavy atom. The molecule has 3 rings (SSSR count). The average Bonchev–Trinajstić information content (AvgIpc) is 2.82. The molecule has 1 aromatic heterocycles. The molecule has 4 N–H and O–H groups in total. The average molecular weight is 472 g/mol. The van der Waals surface area contributed by atoms with Crippen molar-refractivity contribution in [1.82, 2.24) is 10.5 Å². The Hall–Kier alpha value is -4.18. The van der Waals surface area contributed by atoms with Crippen molar-refractivity contribution in [3.8, 4) is 0 Å². The number of halogens is 4. The summed E-state index contributed by atoms with van der Waals surface area (Å²) in [5, 5.41) is 2.42. The number of aromatic nitrogens is 1. The van der Waals surface area contributed by atoms with Crippen LogP contribution in [0.4, 0.5) is 34.8 Å². The van der Waals surface area contributed by atoms with Gasteiger partial charge in [-0.15, -0.1) is 6.58 Å². The first-order valence-corrected chi connectivity index (χ1v) is 9.88. The second-order valence-corrected chi connectivity index (χ2v) is 7.03. The molecule has 34 heavy (non-hydrogen) atoms. The van der Waals surface area contributed by atoms with Crippen LogP contribution in [0.1, 0.15) is 27.0 Å². The predicted octanol–water partition coefficient (Wildman–Crippen LogP) is 5.05. The molecule has 1 amide bonds. The zero-order valence-electron chi connectivity index (χ0n) is 17.8. The number of pyridine rings is 1. The number of benzene rings is 2. The normalized spacial score (nSPS) is 10.6. The van der Waals surface area contributed by atoms with E-state index in [0.717, 1.165) is 12.1 Å². The molecule has 0 unspecified atom stereocenters. The van der Waals surface area contributed by atoms with Gasteiger partial charge in [-0.2, -0.15) is 0 Å². The fourth-order valence-corrected chi connectivity index (χ4v) is 3.07. The largest absolute Gasteiger partial charge is 0.381 e. The summed E-state index contributed by atoms with van der Waals surface area (Å²) >= 11 is 0. The van der Waals surface area contributed by atoms with E-state index < -0.39 is 52.7 Å². The minimum Gasteiger partial charge on any atom is -0.381 e. The lowest BCUT2D eigenvalue weighted by Crippen LogP contribution is -2.25. The monoisotopic (exact) mass is 472 g/mol. The first-order chi connectivity index (χ1) is 16.3. The molecule has 0 atom stereocenters. The Morgan fingerprint density at radius 3 is 2.50 bits per heavy atom. The number of nitrogens with zero attached hydrogens (tertiary/aromatic N) is 1. The number of hydrogen-bond acceptors (Lipinski definition) is 5.